The van der Waals surface area contributed by atoms with Crippen molar-refractivity contribution in [2.75, 3.05) is 18.5 Å². The minimum absolute atomic E-state index is 0.0286. The molecule has 2 N–H and O–H groups in total. The van der Waals surface area contributed by atoms with Gasteiger partial charge in [0, 0.05) is 13.5 Å². The van der Waals surface area contributed by atoms with Crippen molar-refractivity contribution < 1.29 is 9.53 Å². The number of hydrogen-bond donors (Lipinski definition) is 1. The summed E-state index contributed by atoms with van der Waals surface area (Å²) in [5.74, 6) is 0.720. The third-order valence-corrected chi connectivity index (χ3v) is 2.53. The highest BCUT2D eigenvalue weighted by molar-refractivity contribution is 5.99. The number of benzene rings is 1. The maximum atomic E-state index is 11.8. The van der Waals surface area contributed by atoms with Gasteiger partial charge in [0.25, 0.3) is 5.91 Å². The molecule has 2 rings (SSSR count). The Bertz CT molecular complexity index is 379. The smallest absolute Gasteiger partial charge is 0.267 e. The fourth-order valence-electron chi connectivity index (χ4n) is 1.71. The van der Waals surface area contributed by atoms with Gasteiger partial charge in [-0.25, -0.2) is 0 Å². The molecule has 1 aliphatic heterocycles. The molecule has 15 heavy (non-hydrogen) atoms. The van der Waals surface area contributed by atoms with Crippen LogP contribution >= 0.6 is 0 Å². The van der Waals surface area contributed by atoms with Crippen LogP contribution in [-0.4, -0.2) is 25.6 Å². The van der Waals surface area contributed by atoms with Crippen LogP contribution in [0, 0.1) is 0 Å². The van der Waals surface area contributed by atoms with E-state index in [0.717, 1.165) is 11.4 Å². The summed E-state index contributed by atoms with van der Waals surface area (Å²) in [5, 5.41) is 0. The van der Waals surface area contributed by atoms with Gasteiger partial charge in [-0.15, -0.1) is 0 Å². The minimum atomic E-state index is -0.435. The summed E-state index contributed by atoms with van der Waals surface area (Å²) in [5.41, 5.74) is 6.25. The number of nitrogens with two attached hydrogens (primary N) is 1. The van der Waals surface area contributed by atoms with Gasteiger partial charge in [0.1, 0.15) is 5.75 Å². The first kappa shape index (κ1) is 9.98. The van der Waals surface area contributed by atoms with Crippen molar-refractivity contribution >= 4 is 11.6 Å². The average molecular weight is 206 g/mol. The molecule has 1 atom stereocenters. The number of amides is 1. The molecule has 1 aliphatic rings. The highest BCUT2D eigenvalue weighted by Gasteiger charge is 2.30. The largest absolute Gasteiger partial charge is 0.478 e. The van der Waals surface area contributed by atoms with Crippen LogP contribution in [0.5, 0.6) is 5.75 Å². The van der Waals surface area contributed by atoms with Crippen LogP contribution in [0.4, 0.5) is 5.69 Å². The van der Waals surface area contributed by atoms with Crippen LogP contribution in [0.15, 0.2) is 24.3 Å². The first-order chi connectivity index (χ1) is 7.24. The van der Waals surface area contributed by atoms with Gasteiger partial charge in [-0.3, -0.25) is 4.79 Å². The topological polar surface area (TPSA) is 55.6 Å². The number of nitrogens with zero attached hydrogens (tertiary/aromatic N) is 1. The van der Waals surface area contributed by atoms with Crippen LogP contribution in [0.1, 0.15) is 6.42 Å². The monoisotopic (exact) mass is 206 g/mol. The highest BCUT2D eigenvalue weighted by Crippen LogP contribution is 2.32. The Morgan fingerprint density at radius 1 is 1.47 bits per heavy atom. The van der Waals surface area contributed by atoms with Gasteiger partial charge in [0.2, 0.25) is 0 Å². The summed E-state index contributed by atoms with van der Waals surface area (Å²) in [4.78, 5) is 13.4. The van der Waals surface area contributed by atoms with E-state index >= 15 is 0 Å². The van der Waals surface area contributed by atoms with E-state index in [0.29, 0.717) is 13.0 Å². The second-order valence-electron chi connectivity index (χ2n) is 3.55. The third-order valence-electron chi connectivity index (χ3n) is 2.53. The summed E-state index contributed by atoms with van der Waals surface area (Å²) in [6.45, 7) is 0.451. The molecule has 0 saturated heterocycles. The van der Waals surface area contributed by atoms with Crippen LogP contribution in [-0.2, 0) is 4.79 Å². The molecule has 0 saturated carbocycles. The number of rotatable bonds is 2. The average Bonchev–Trinajstić information content (AvgIpc) is 2.26. The van der Waals surface area contributed by atoms with E-state index in [9.17, 15) is 4.79 Å². The van der Waals surface area contributed by atoms with Crippen molar-refractivity contribution in [3.05, 3.63) is 24.3 Å². The van der Waals surface area contributed by atoms with Gasteiger partial charge >= 0.3 is 0 Å². The molecule has 1 unspecified atom stereocenters. The zero-order chi connectivity index (χ0) is 10.8. The first-order valence-corrected chi connectivity index (χ1v) is 4.97. The molecule has 0 aliphatic carbocycles. The lowest BCUT2D eigenvalue weighted by atomic mass is 10.1. The van der Waals surface area contributed by atoms with Crippen molar-refractivity contribution in [1.82, 2.24) is 0 Å². The van der Waals surface area contributed by atoms with Gasteiger partial charge in [0.15, 0.2) is 6.10 Å². The molecule has 1 aromatic carbocycles. The predicted molar refractivity (Wildman–Crippen MR) is 57.9 cm³/mol. The Kier molecular flexibility index (Phi) is 2.60. The van der Waals surface area contributed by atoms with Gasteiger partial charge in [-0.1, -0.05) is 12.1 Å². The lowest BCUT2D eigenvalue weighted by Crippen LogP contribution is -2.44. The molecule has 80 valence electrons. The molecule has 1 aromatic rings. The molecule has 0 radical (unpaired) electrons. The zero-order valence-electron chi connectivity index (χ0n) is 8.64. The Labute approximate surface area is 88.6 Å². The SMILES string of the molecule is CN1C(=O)C(CCN)Oc2ccccc21. The first-order valence-electron chi connectivity index (χ1n) is 4.97. The third kappa shape index (κ3) is 1.68. The predicted octanol–water partition coefficient (Wildman–Crippen LogP) is 0.759. The Morgan fingerprint density at radius 2 is 2.20 bits per heavy atom. The van der Waals surface area contributed by atoms with E-state index in [2.05, 4.69) is 0 Å². The minimum Gasteiger partial charge on any atom is -0.478 e. The Balaban J connectivity index is 2.32. The van der Waals surface area contributed by atoms with E-state index in [1.54, 1.807) is 11.9 Å². The van der Waals surface area contributed by atoms with Crippen molar-refractivity contribution in [2.45, 2.75) is 12.5 Å². The van der Waals surface area contributed by atoms with Crippen LogP contribution in [0.2, 0.25) is 0 Å². The molecule has 4 nitrogen and oxygen atoms in total. The second kappa shape index (κ2) is 3.90. The van der Waals surface area contributed by atoms with Crippen LogP contribution < -0.4 is 15.4 Å². The molecule has 1 heterocycles. The van der Waals surface area contributed by atoms with Crippen molar-refractivity contribution in [3.63, 3.8) is 0 Å². The quantitative estimate of drug-likeness (QED) is 0.777. The molecular weight excluding hydrogens is 192 g/mol. The summed E-state index contributed by atoms with van der Waals surface area (Å²) in [6, 6.07) is 7.50. The number of carbonyl (C=O) groups excluding carboxylic acids is 1. The number of ether oxygens (including phenoxy) is 1. The van der Waals surface area contributed by atoms with Gasteiger partial charge < -0.3 is 15.4 Å². The Morgan fingerprint density at radius 3 is 2.93 bits per heavy atom. The molecule has 0 spiro atoms. The second-order valence-corrected chi connectivity index (χ2v) is 3.55. The van der Waals surface area contributed by atoms with E-state index in [1.165, 1.54) is 0 Å². The van der Waals surface area contributed by atoms with E-state index < -0.39 is 6.10 Å². The normalized spacial score (nSPS) is 19.7. The maximum absolute atomic E-state index is 11.8. The molecule has 0 bridgehead atoms. The lowest BCUT2D eigenvalue weighted by molar-refractivity contribution is -0.126. The Hall–Kier alpha value is -1.55. The van der Waals surface area contributed by atoms with Gasteiger partial charge in [-0.05, 0) is 18.7 Å². The van der Waals surface area contributed by atoms with Crippen molar-refractivity contribution in [2.24, 2.45) is 5.73 Å². The fraction of sp³-hybridized carbons (Fsp3) is 0.364. The van der Waals surface area contributed by atoms with Gasteiger partial charge in [-0.2, -0.15) is 0 Å². The number of carbonyl (C=O) groups is 1. The molecule has 0 fully saturated rings. The number of anilines is 1. The highest BCUT2D eigenvalue weighted by atomic mass is 16.5. The zero-order valence-corrected chi connectivity index (χ0v) is 8.64. The number of para-hydroxylation sites is 2. The van der Waals surface area contributed by atoms with E-state index in [1.807, 2.05) is 24.3 Å². The maximum Gasteiger partial charge on any atom is 0.267 e. The van der Waals surface area contributed by atoms with Crippen LogP contribution in [0.3, 0.4) is 0 Å². The summed E-state index contributed by atoms with van der Waals surface area (Å²) in [6.07, 6.45) is 0.118. The molecular formula is C11H14N2O2. The molecule has 0 aromatic heterocycles. The number of likely N-dealkylation sites (N-methyl/N-ethyl adjacent to an activating group) is 1. The summed E-state index contributed by atoms with van der Waals surface area (Å²) < 4.78 is 5.58. The van der Waals surface area contributed by atoms with E-state index in [4.69, 9.17) is 10.5 Å². The standard InChI is InChI=1S/C11H14N2O2/c1-13-8-4-2-3-5-9(8)15-10(6-7-12)11(13)14/h2-5,10H,6-7,12H2,1H3. The number of fused-ring (bicyclic) bond motifs is 1. The number of hydrogen-bond acceptors (Lipinski definition) is 3. The summed E-state index contributed by atoms with van der Waals surface area (Å²) in [7, 11) is 1.76. The van der Waals surface area contributed by atoms with Crippen LogP contribution in [0.25, 0.3) is 0 Å². The van der Waals surface area contributed by atoms with E-state index in [-0.39, 0.29) is 5.91 Å². The molecule has 1 amide bonds. The van der Waals surface area contributed by atoms with Gasteiger partial charge in [0.05, 0.1) is 5.69 Å². The summed E-state index contributed by atoms with van der Waals surface area (Å²) >= 11 is 0. The van der Waals surface area contributed by atoms with Crippen molar-refractivity contribution in [3.8, 4) is 5.75 Å². The van der Waals surface area contributed by atoms with Crippen molar-refractivity contribution in [1.29, 1.82) is 0 Å². The lowest BCUT2D eigenvalue weighted by Gasteiger charge is -2.31. The fourth-order valence-corrected chi connectivity index (χ4v) is 1.71. The molecule has 4 heteroatoms.